The third-order valence-corrected chi connectivity index (χ3v) is 7.83. The molecule has 5 nitrogen and oxygen atoms in total. The molecule has 3 N–H and O–H groups in total. The van der Waals surface area contributed by atoms with Gasteiger partial charge in [0.05, 0.1) is 11.7 Å². The van der Waals surface area contributed by atoms with Crippen LogP contribution < -0.4 is 5.32 Å². The van der Waals surface area contributed by atoms with Crippen LogP contribution in [0.2, 0.25) is 0 Å². The van der Waals surface area contributed by atoms with E-state index in [1.807, 2.05) is 22.5 Å². The first-order valence-corrected chi connectivity index (χ1v) is 14.5. The van der Waals surface area contributed by atoms with Gasteiger partial charge in [0.2, 0.25) is 0 Å². The lowest BCUT2D eigenvalue weighted by Gasteiger charge is -2.29. The molecular formula is C32H39F3N2O3S. The first-order chi connectivity index (χ1) is 19.3. The van der Waals surface area contributed by atoms with Gasteiger partial charge in [0.1, 0.15) is 0 Å². The molecule has 222 valence electrons. The Kier molecular flexibility index (Phi) is 11.8. The molecule has 0 aliphatic rings. The Hall–Kier alpha value is -2.85. The van der Waals surface area contributed by atoms with E-state index in [9.17, 15) is 23.1 Å². The second kappa shape index (κ2) is 14.9. The monoisotopic (exact) mass is 588 g/mol. The number of aliphatic hydroxyl groups is 1. The van der Waals surface area contributed by atoms with Crippen molar-refractivity contribution < 1.29 is 28.2 Å². The summed E-state index contributed by atoms with van der Waals surface area (Å²) < 4.78 is 42.5. The standard InChI is InChI=1S/C32H39F3N2O3S/c1-31(2,18-8-12-23-9-5-4-6-10-23)36-21-27(38)22-37(3)41-29-16-15-26(32(33,34)35)20-28(29)25-13-7-11-24(19-25)14-17-30(39)40/h4-7,9-11,13,15-16,19-20,27,36,38H,8,12,14,17-18,21-22H2,1-3H3,(H,39,40)/t27-/m1/s1. The minimum atomic E-state index is -4.50. The average Bonchev–Trinajstić information content (AvgIpc) is 2.91. The van der Waals surface area contributed by atoms with Crippen LogP contribution in [0.3, 0.4) is 0 Å². The van der Waals surface area contributed by atoms with Gasteiger partial charge in [-0.25, -0.2) is 4.31 Å². The first kappa shape index (κ1) is 32.7. The number of carboxylic acids is 1. The number of carboxylic acid groups (broad SMARTS) is 1. The van der Waals surface area contributed by atoms with Gasteiger partial charge < -0.3 is 15.5 Å². The summed E-state index contributed by atoms with van der Waals surface area (Å²) in [6.07, 6.45) is -2.01. The molecule has 0 saturated carbocycles. The Morgan fingerprint density at radius 1 is 0.976 bits per heavy atom. The fourth-order valence-electron chi connectivity index (χ4n) is 4.59. The number of aliphatic hydroxyl groups excluding tert-OH is 1. The summed E-state index contributed by atoms with van der Waals surface area (Å²) >= 11 is 1.27. The van der Waals surface area contributed by atoms with Gasteiger partial charge in [0, 0.05) is 29.9 Å². The van der Waals surface area contributed by atoms with Gasteiger partial charge in [-0.2, -0.15) is 13.2 Å². The van der Waals surface area contributed by atoms with Crippen LogP contribution in [0.1, 0.15) is 49.8 Å². The number of β-amino-alcohol motifs (C(OH)–C–C–N with tert-alkyl or cyclic N) is 1. The van der Waals surface area contributed by atoms with Crippen molar-refractivity contribution in [2.75, 3.05) is 20.1 Å². The number of benzene rings is 3. The molecule has 0 aliphatic heterocycles. The number of alkyl halides is 3. The van der Waals surface area contributed by atoms with Crippen LogP contribution in [-0.4, -0.2) is 52.3 Å². The summed E-state index contributed by atoms with van der Waals surface area (Å²) in [7, 11) is 1.80. The topological polar surface area (TPSA) is 72.8 Å². The number of aliphatic carboxylic acids is 1. The number of rotatable bonds is 15. The Bertz CT molecular complexity index is 1270. The smallest absolute Gasteiger partial charge is 0.416 e. The SMILES string of the molecule is CN(C[C@H](O)CNC(C)(C)CCCc1ccccc1)Sc1ccc(C(F)(F)F)cc1-c1cccc(CCC(=O)O)c1. The Labute approximate surface area is 244 Å². The lowest BCUT2D eigenvalue weighted by Crippen LogP contribution is -2.45. The maximum atomic E-state index is 13.6. The molecule has 3 rings (SSSR count). The minimum Gasteiger partial charge on any atom is -0.481 e. The minimum absolute atomic E-state index is 0.0633. The van der Waals surface area contributed by atoms with Crippen LogP contribution >= 0.6 is 11.9 Å². The predicted octanol–water partition coefficient (Wildman–Crippen LogP) is 7.08. The number of aryl methyl sites for hydroxylation is 2. The number of halogens is 3. The van der Waals surface area contributed by atoms with Gasteiger partial charge in [-0.15, -0.1) is 0 Å². The van der Waals surface area contributed by atoms with Gasteiger partial charge in [-0.1, -0.05) is 54.6 Å². The van der Waals surface area contributed by atoms with Crippen molar-refractivity contribution in [1.29, 1.82) is 0 Å². The number of hydrogen-bond donors (Lipinski definition) is 3. The second-order valence-corrected chi connectivity index (χ2v) is 12.2. The van der Waals surface area contributed by atoms with E-state index in [1.54, 1.807) is 31.3 Å². The van der Waals surface area contributed by atoms with Crippen molar-refractivity contribution in [1.82, 2.24) is 9.62 Å². The molecule has 0 bridgehead atoms. The highest BCUT2D eigenvalue weighted by molar-refractivity contribution is 7.97. The first-order valence-electron chi connectivity index (χ1n) is 13.7. The number of hydrogen-bond acceptors (Lipinski definition) is 5. The largest absolute Gasteiger partial charge is 0.481 e. The van der Waals surface area contributed by atoms with Crippen molar-refractivity contribution in [3.05, 3.63) is 89.5 Å². The summed E-state index contributed by atoms with van der Waals surface area (Å²) in [5, 5.41) is 23.2. The second-order valence-electron chi connectivity index (χ2n) is 11.0. The van der Waals surface area contributed by atoms with Crippen molar-refractivity contribution in [2.24, 2.45) is 0 Å². The Balaban J connectivity index is 1.63. The lowest BCUT2D eigenvalue weighted by molar-refractivity contribution is -0.138. The molecule has 0 fully saturated rings. The van der Waals surface area contributed by atoms with E-state index < -0.39 is 23.8 Å². The van der Waals surface area contributed by atoms with Crippen molar-refractivity contribution in [3.8, 4) is 11.1 Å². The number of likely N-dealkylation sites (N-methyl/N-ethyl adjacent to an activating group) is 1. The zero-order chi connectivity index (χ0) is 30.0. The fraction of sp³-hybridized carbons (Fsp3) is 0.406. The molecule has 0 radical (unpaired) electrons. The quantitative estimate of drug-likeness (QED) is 0.165. The Morgan fingerprint density at radius 2 is 1.68 bits per heavy atom. The molecule has 0 unspecified atom stereocenters. The van der Waals surface area contributed by atoms with Crippen LogP contribution in [0, 0.1) is 0 Å². The zero-order valence-corrected chi connectivity index (χ0v) is 24.6. The molecule has 3 aromatic carbocycles. The van der Waals surface area contributed by atoms with E-state index >= 15 is 0 Å². The van der Waals surface area contributed by atoms with Gasteiger partial charge in [0.25, 0.3) is 0 Å². The van der Waals surface area contributed by atoms with Crippen LogP contribution in [0.4, 0.5) is 13.2 Å². The molecule has 41 heavy (non-hydrogen) atoms. The summed E-state index contributed by atoms with van der Waals surface area (Å²) in [6.45, 7) is 4.91. The number of carbonyl (C=O) groups is 1. The van der Waals surface area contributed by atoms with E-state index in [0.717, 1.165) is 37.0 Å². The highest BCUT2D eigenvalue weighted by Crippen LogP contribution is 2.38. The fourth-order valence-corrected chi connectivity index (χ4v) is 5.57. The summed E-state index contributed by atoms with van der Waals surface area (Å²) in [5.74, 6) is -0.934. The van der Waals surface area contributed by atoms with E-state index in [-0.39, 0.29) is 18.4 Å². The lowest BCUT2D eigenvalue weighted by atomic mass is 9.95. The van der Waals surface area contributed by atoms with E-state index in [4.69, 9.17) is 5.11 Å². The van der Waals surface area contributed by atoms with E-state index in [2.05, 4.69) is 31.3 Å². The van der Waals surface area contributed by atoms with Crippen LogP contribution in [0.25, 0.3) is 11.1 Å². The van der Waals surface area contributed by atoms with Crippen LogP contribution in [0.5, 0.6) is 0 Å². The predicted molar refractivity (Wildman–Crippen MR) is 159 cm³/mol. The summed E-state index contributed by atoms with van der Waals surface area (Å²) in [5.41, 5.74) is 2.11. The van der Waals surface area contributed by atoms with Crippen molar-refractivity contribution in [3.63, 3.8) is 0 Å². The third-order valence-electron chi connectivity index (χ3n) is 6.82. The molecule has 1 atom stereocenters. The molecule has 0 saturated heterocycles. The van der Waals surface area contributed by atoms with Gasteiger partial charge in [-0.3, -0.25) is 4.79 Å². The maximum Gasteiger partial charge on any atom is 0.416 e. The van der Waals surface area contributed by atoms with Gasteiger partial charge in [0.15, 0.2) is 0 Å². The average molecular weight is 589 g/mol. The van der Waals surface area contributed by atoms with E-state index in [0.29, 0.717) is 29.1 Å². The van der Waals surface area contributed by atoms with Crippen molar-refractivity contribution in [2.45, 2.75) is 68.7 Å². The number of nitrogens with one attached hydrogen (secondary N) is 1. The summed E-state index contributed by atoms with van der Waals surface area (Å²) in [4.78, 5) is 11.6. The third kappa shape index (κ3) is 11.2. The molecule has 0 amide bonds. The molecule has 0 aliphatic carbocycles. The van der Waals surface area contributed by atoms with Crippen LogP contribution in [0.15, 0.2) is 77.7 Å². The maximum absolute atomic E-state index is 13.6. The van der Waals surface area contributed by atoms with Gasteiger partial charge in [-0.05, 0) is 99.0 Å². The molecule has 0 spiro atoms. The van der Waals surface area contributed by atoms with Gasteiger partial charge >= 0.3 is 12.1 Å². The zero-order valence-electron chi connectivity index (χ0n) is 23.7. The molecule has 0 heterocycles. The Morgan fingerprint density at radius 3 is 2.37 bits per heavy atom. The van der Waals surface area contributed by atoms with Crippen LogP contribution in [-0.2, 0) is 23.8 Å². The molecule has 9 heteroatoms. The molecular weight excluding hydrogens is 549 g/mol. The molecule has 0 aromatic heterocycles. The summed E-state index contributed by atoms with van der Waals surface area (Å²) in [6, 6.07) is 20.9. The van der Waals surface area contributed by atoms with E-state index in [1.165, 1.54) is 23.6 Å². The number of nitrogens with zero attached hydrogens (tertiary/aromatic N) is 1. The molecule has 3 aromatic rings. The van der Waals surface area contributed by atoms with Crippen molar-refractivity contribution >= 4 is 17.9 Å². The highest BCUT2D eigenvalue weighted by atomic mass is 32.2. The highest BCUT2D eigenvalue weighted by Gasteiger charge is 2.31. The normalized spacial score (nSPS) is 13.0.